The van der Waals surface area contributed by atoms with Crippen LogP contribution in [0.4, 0.5) is 10.1 Å². The molecule has 0 heterocycles. The summed E-state index contributed by atoms with van der Waals surface area (Å²) in [5.74, 6) is 0.518. The van der Waals surface area contributed by atoms with Gasteiger partial charge in [0.1, 0.15) is 12.4 Å². The number of rotatable bonds is 10. The Balaban J connectivity index is 2.02. The van der Waals surface area contributed by atoms with E-state index in [-0.39, 0.29) is 11.7 Å². The maximum atomic E-state index is 13.3. The molecule has 0 saturated carbocycles. The molecule has 0 spiro atoms. The average Bonchev–Trinajstić information content (AvgIpc) is 2.71. The van der Waals surface area contributed by atoms with E-state index >= 15 is 0 Å². The summed E-state index contributed by atoms with van der Waals surface area (Å²) in [7, 11) is 1.58. The molecule has 2 aromatic carbocycles. The molecule has 1 N–H and O–H groups in total. The molecular formula is C24H30BrFN2O3. The van der Waals surface area contributed by atoms with Crippen LogP contribution in [0.2, 0.25) is 0 Å². The number of nitrogens with zero attached hydrogens (tertiary/aromatic N) is 1. The smallest absolute Gasteiger partial charge is 0.248 e. The van der Waals surface area contributed by atoms with Crippen molar-refractivity contribution in [1.82, 2.24) is 4.90 Å². The molecule has 2 rings (SSSR count). The largest absolute Gasteiger partial charge is 0.493 e. The summed E-state index contributed by atoms with van der Waals surface area (Å²) in [5, 5.41) is 2.81. The van der Waals surface area contributed by atoms with E-state index in [0.717, 1.165) is 6.54 Å². The number of amides is 1. The lowest BCUT2D eigenvalue weighted by Crippen LogP contribution is -2.39. The highest BCUT2D eigenvalue weighted by molar-refractivity contribution is 9.10. The second-order valence-electron chi connectivity index (χ2n) is 7.64. The van der Waals surface area contributed by atoms with Crippen LogP contribution < -0.4 is 14.8 Å². The molecule has 0 unspecified atom stereocenters. The molecule has 1 amide bonds. The van der Waals surface area contributed by atoms with Gasteiger partial charge in [0, 0.05) is 36.5 Å². The van der Waals surface area contributed by atoms with E-state index in [1.54, 1.807) is 43.5 Å². The van der Waals surface area contributed by atoms with Gasteiger partial charge in [0.2, 0.25) is 5.91 Å². The summed E-state index contributed by atoms with van der Waals surface area (Å²) in [5.41, 5.74) is 1.30. The molecule has 7 heteroatoms. The number of benzene rings is 2. The second kappa shape index (κ2) is 11.9. The molecule has 0 aliphatic carbocycles. The van der Waals surface area contributed by atoms with Gasteiger partial charge in [0.05, 0.1) is 11.6 Å². The third-order valence-electron chi connectivity index (χ3n) is 4.74. The normalized spacial score (nSPS) is 11.5. The zero-order chi connectivity index (χ0) is 23.0. The maximum absolute atomic E-state index is 13.3. The lowest BCUT2D eigenvalue weighted by atomic mass is 10.2. The summed E-state index contributed by atoms with van der Waals surface area (Å²) < 4.78 is 25.0. The Hall–Kier alpha value is -2.38. The van der Waals surface area contributed by atoms with Gasteiger partial charge >= 0.3 is 0 Å². The molecule has 31 heavy (non-hydrogen) atoms. The van der Waals surface area contributed by atoms with Crippen LogP contribution in [0.1, 0.15) is 33.3 Å². The van der Waals surface area contributed by atoms with Crippen LogP contribution in [-0.4, -0.2) is 43.2 Å². The molecule has 0 fully saturated rings. The van der Waals surface area contributed by atoms with Gasteiger partial charge in [-0.1, -0.05) is 6.07 Å². The van der Waals surface area contributed by atoms with Gasteiger partial charge < -0.3 is 14.8 Å². The van der Waals surface area contributed by atoms with Crippen molar-refractivity contribution in [2.24, 2.45) is 0 Å². The minimum atomic E-state index is -0.350. The molecule has 0 aliphatic heterocycles. The number of hydrogen-bond acceptors (Lipinski definition) is 4. The lowest BCUT2D eigenvalue weighted by molar-refractivity contribution is -0.111. The van der Waals surface area contributed by atoms with E-state index in [9.17, 15) is 9.18 Å². The fourth-order valence-corrected chi connectivity index (χ4v) is 3.61. The predicted molar refractivity (Wildman–Crippen MR) is 127 cm³/mol. The molecule has 2 aromatic rings. The Kier molecular flexibility index (Phi) is 9.52. The first-order chi connectivity index (χ1) is 14.7. The molecule has 0 atom stereocenters. The molecule has 0 saturated heterocycles. The number of ether oxygens (including phenoxy) is 2. The first-order valence-electron chi connectivity index (χ1n) is 10.2. The Morgan fingerprint density at radius 1 is 1.13 bits per heavy atom. The highest BCUT2D eigenvalue weighted by Gasteiger charge is 2.14. The van der Waals surface area contributed by atoms with Crippen LogP contribution in [0.3, 0.4) is 0 Å². The zero-order valence-corrected chi connectivity index (χ0v) is 20.2. The summed E-state index contributed by atoms with van der Waals surface area (Å²) in [4.78, 5) is 14.6. The molecule has 0 bridgehead atoms. The van der Waals surface area contributed by atoms with Crippen LogP contribution in [0.5, 0.6) is 11.5 Å². The zero-order valence-electron chi connectivity index (χ0n) is 18.6. The van der Waals surface area contributed by atoms with E-state index in [1.807, 2.05) is 0 Å². The first kappa shape index (κ1) is 24.9. The predicted octanol–water partition coefficient (Wildman–Crippen LogP) is 5.75. The molecule has 0 radical (unpaired) electrons. The van der Waals surface area contributed by atoms with E-state index in [0.29, 0.717) is 45.9 Å². The first-order valence-corrected chi connectivity index (χ1v) is 11.0. The number of hydrogen-bond donors (Lipinski definition) is 1. The van der Waals surface area contributed by atoms with Crippen molar-refractivity contribution in [3.63, 3.8) is 0 Å². The topological polar surface area (TPSA) is 50.8 Å². The van der Waals surface area contributed by atoms with Crippen LogP contribution in [0.25, 0.3) is 6.08 Å². The van der Waals surface area contributed by atoms with Crippen molar-refractivity contribution >= 4 is 33.6 Å². The number of anilines is 1. The standard InChI is InChI=1S/C24H30BrFN2O3/c1-16(2)28(17(3)4)12-13-31-23-15-19(8-10-22(23)30-5)27-24(29)11-7-18-6-9-21(26)20(25)14-18/h6-11,14-17H,12-13H2,1-5H3,(H,27,29)/b11-7+. The number of carbonyl (C=O) groups excluding carboxylic acids is 1. The number of nitrogens with one attached hydrogen (secondary N) is 1. The Labute approximate surface area is 192 Å². The summed E-state index contributed by atoms with van der Waals surface area (Å²) in [6.45, 7) is 9.93. The van der Waals surface area contributed by atoms with Crippen LogP contribution >= 0.6 is 15.9 Å². The van der Waals surface area contributed by atoms with Gasteiger partial charge in [-0.3, -0.25) is 9.69 Å². The Morgan fingerprint density at radius 3 is 2.45 bits per heavy atom. The highest BCUT2D eigenvalue weighted by atomic mass is 79.9. The average molecular weight is 493 g/mol. The molecule has 0 aliphatic rings. The maximum Gasteiger partial charge on any atom is 0.248 e. The second-order valence-corrected chi connectivity index (χ2v) is 8.49. The Morgan fingerprint density at radius 2 is 1.84 bits per heavy atom. The van der Waals surface area contributed by atoms with E-state index in [1.165, 1.54) is 12.1 Å². The van der Waals surface area contributed by atoms with Crippen molar-refractivity contribution < 1.29 is 18.7 Å². The van der Waals surface area contributed by atoms with Crippen molar-refractivity contribution in [1.29, 1.82) is 0 Å². The fraction of sp³-hybridized carbons (Fsp3) is 0.375. The molecule has 168 valence electrons. The van der Waals surface area contributed by atoms with Crippen molar-refractivity contribution in [3.8, 4) is 11.5 Å². The van der Waals surface area contributed by atoms with Crippen LogP contribution in [0, 0.1) is 5.82 Å². The van der Waals surface area contributed by atoms with Gasteiger partial charge in [0.15, 0.2) is 11.5 Å². The molecular weight excluding hydrogens is 463 g/mol. The van der Waals surface area contributed by atoms with Crippen LogP contribution in [0.15, 0.2) is 46.9 Å². The quantitative estimate of drug-likeness (QED) is 0.429. The van der Waals surface area contributed by atoms with Gasteiger partial charge in [0.25, 0.3) is 0 Å². The van der Waals surface area contributed by atoms with E-state index in [4.69, 9.17) is 9.47 Å². The monoisotopic (exact) mass is 492 g/mol. The van der Waals surface area contributed by atoms with Gasteiger partial charge in [-0.25, -0.2) is 4.39 Å². The van der Waals surface area contributed by atoms with Crippen LogP contribution in [-0.2, 0) is 4.79 Å². The lowest BCUT2D eigenvalue weighted by Gasteiger charge is -2.30. The minimum absolute atomic E-state index is 0.303. The number of carbonyl (C=O) groups is 1. The Bertz CT molecular complexity index is 908. The SMILES string of the molecule is COc1ccc(NC(=O)/C=C/c2ccc(F)c(Br)c2)cc1OCCN(C(C)C)C(C)C. The molecule has 5 nitrogen and oxygen atoms in total. The van der Waals surface area contributed by atoms with Crippen molar-refractivity contribution in [3.05, 3.63) is 58.3 Å². The minimum Gasteiger partial charge on any atom is -0.493 e. The summed E-state index contributed by atoms with van der Waals surface area (Å²) >= 11 is 3.14. The highest BCUT2D eigenvalue weighted by Crippen LogP contribution is 2.30. The summed E-state index contributed by atoms with van der Waals surface area (Å²) in [6.07, 6.45) is 3.01. The third kappa shape index (κ3) is 7.67. The fourth-order valence-electron chi connectivity index (χ4n) is 3.21. The van der Waals surface area contributed by atoms with Gasteiger partial charge in [-0.2, -0.15) is 0 Å². The van der Waals surface area contributed by atoms with E-state index < -0.39 is 0 Å². The van der Waals surface area contributed by atoms with Crippen molar-refractivity contribution in [2.45, 2.75) is 39.8 Å². The summed E-state index contributed by atoms with van der Waals surface area (Å²) in [6, 6.07) is 10.6. The number of halogens is 2. The van der Waals surface area contributed by atoms with Gasteiger partial charge in [-0.15, -0.1) is 0 Å². The van der Waals surface area contributed by atoms with E-state index in [2.05, 4.69) is 53.8 Å². The van der Waals surface area contributed by atoms with Gasteiger partial charge in [-0.05, 0) is 79.5 Å². The molecule has 0 aromatic heterocycles. The number of methoxy groups -OCH3 is 1. The van der Waals surface area contributed by atoms with Crippen molar-refractivity contribution in [2.75, 3.05) is 25.6 Å². The third-order valence-corrected chi connectivity index (χ3v) is 5.34.